The fourth-order valence-corrected chi connectivity index (χ4v) is 2.75. The lowest BCUT2D eigenvalue weighted by molar-refractivity contribution is 0.0357. The molecule has 0 aromatic carbocycles. The third kappa shape index (κ3) is 6.73. The lowest BCUT2D eigenvalue weighted by Crippen LogP contribution is -2.62. The molecule has 3 heteroatoms. The molecule has 1 rings (SSSR count). The first-order valence-corrected chi connectivity index (χ1v) is 7.87. The Kier molecular flexibility index (Phi) is 6.78. The van der Waals surface area contributed by atoms with Crippen molar-refractivity contribution < 1.29 is 4.74 Å². The van der Waals surface area contributed by atoms with Gasteiger partial charge in [-0.1, -0.05) is 27.7 Å². The van der Waals surface area contributed by atoms with Gasteiger partial charge in [-0.15, -0.1) is 0 Å². The van der Waals surface area contributed by atoms with E-state index in [1.54, 1.807) is 0 Å². The molecule has 0 aliphatic carbocycles. The zero-order valence-electron chi connectivity index (χ0n) is 13.8. The molecule has 0 radical (unpaired) electrons. The summed E-state index contributed by atoms with van der Waals surface area (Å²) < 4.78 is 5.76. The van der Waals surface area contributed by atoms with Crippen LogP contribution < -0.4 is 5.32 Å². The third-order valence-corrected chi connectivity index (χ3v) is 3.65. The van der Waals surface area contributed by atoms with Gasteiger partial charge in [-0.3, -0.25) is 4.90 Å². The Balaban J connectivity index is 2.42. The van der Waals surface area contributed by atoms with E-state index in [2.05, 4.69) is 51.8 Å². The maximum absolute atomic E-state index is 5.76. The van der Waals surface area contributed by atoms with E-state index >= 15 is 0 Å². The van der Waals surface area contributed by atoms with Crippen LogP contribution in [0.1, 0.15) is 48.0 Å². The molecule has 0 spiro atoms. The van der Waals surface area contributed by atoms with Gasteiger partial charge in [0.05, 0.1) is 6.61 Å². The van der Waals surface area contributed by atoms with Crippen LogP contribution in [0.15, 0.2) is 0 Å². The van der Waals surface area contributed by atoms with Crippen molar-refractivity contribution in [3.05, 3.63) is 0 Å². The number of nitrogens with one attached hydrogen (secondary N) is 1. The van der Waals surface area contributed by atoms with E-state index in [0.717, 1.165) is 38.8 Å². The fourth-order valence-electron chi connectivity index (χ4n) is 2.75. The molecule has 0 amide bonds. The van der Waals surface area contributed by atoms with Gasteiger partial charge in [0.25, 0.3) is 0 Å². The van der Waals surface area contributed by atoms with Crippen LogP contribution in [-0.4, -0.2) is 49.3 Å². The molecule has 1 heterocycles. The number of piperazine rings is 1. The molecular weight excluding hydrogens is 236 g/mol. The molecule has 19 heavy (non-hydrogen) atoms. The zero-order valence-corrected chi connectivity index (χ0v) is 13.8. The molecule has 0 aromatic heterocycles. The van der Waals surface area contributed by atoms with Gasteiger partial charge in [-0.2, -0.15) is 0 Å². The second-order valence-electron chi connectivity index (χ2n) is 7.49. The van der Waals surface area contributed by atoms with E-state index in [4.69, 9.17) is 4.74 Å². The van der Waals surface area contributed by atoms with Gasteiger partial charge < -0.3 is 10.1 Å². The lowest BCUT2D eigenvalue weighted by Gasteiger charge is -2.45. The maximum atomic E-state index is 5.76. The van der Waals surface area contributed by atoms with Gasteiger partial charge in [-0.25, -0.2) is 0 Å². The Morgan fingerprint density at radius 2 is 1.89 bits per heavy atom. The van der Waals surface area contributed by atoms with Gasteiger partial charge >= 0.3 is 0 Å². The number of rotatable bonds is 7. The standard InChI is InChI=1S/C16H34N2O/c1-13(2)9-15-10-17-16(5,6)12-18(15)7-8-19-11-14(3)4/h13-15,17H,7-12H2,1-6H3. The highest BCUT2D eigenvalue weighted by molar-refractivity contribution is 4.92. The molecule has 3 nitrogen and oxygen atoms in total. The predicted octanol–water partition coefficient (Wildman–Crippen LogP) is 2.76. The van der Waals surface area contributed by atoms with Gasteiger partial charge in [0.15, 0.2) is 0 Å². The van der Waals surface area contributed by atoms with Crippen molar-refractivity contribution in [1.29, 1.82) is 0 Å². The summed E-state index contributed by atoms with van der Waals surface area (Å²) in [5.41, 5.74) is 0.228. The first-order chi connectivity index (χ1) is 8.80. The molecule has 0 aromatic rings. The Hall–Kier alpha value is -0.120. The van der Waals surface area contributed by atoms with Crippen LogP contribution in [0, 0.1) is 11.8 Å². The van der Waals surface area contributed by atoms with E-state index < -0.39 is 0 Å². The molecule has 1 fully saturated rings. The molecular formula is C16H34N2O. The van der Waals surface area contributed by atoms with Crippen LogP contribution in [0.25, 0.3) is 0 Å². The van der Waals surface area contributed by atoms with E-state index in [1.165, 1.54) is 6.42 Å². The molecule has 0 bridgehead atoms. The molecule has 1 unspecified atom stereocenters. The number of nitrogens with zero attached hydrogens (tertiary/aromatic N) is 1. The van der Waals surface area contributed by atoms with Crippen LogP contribution in [-0.2, 0) is 4.74 Å². The van der Waals surface area contributed by atoms with Crippen molar-refractivity contribution in [2.24, 2.45) is 11.8 Å². The predicted molar refractivity (Wildman–Crippen MR) is 82.6 cm³/mol. The van der Waals surface area contributed by atoms with Crippen molar-refractivity contribution in [1.82, 2.24) is 10.2 Å². The maximum Gasteiger partial charge on any atom is 0.0593 e. The number of ether oxygens (including phenoxy) is 1. The normalized spacial score (nSPS) is 24.3. The summed E-state index contributed by atoms with van der Waals surface area (Å²) in [7, 11) is 0. The summed E-state index contributed by atoms with van der Waals surface area (Å²) in [4.78, 5) is 2.62. The molecule has 1 atom stereocenters. The van der Waals surface area contributed by atoms with Crippen molar-refractivity contribution in [3.8, 4) is 0 Å². The quantitative estimate of drug-likeness (QED) is 0.720. The third-order valence-electron chi connectivity index (χ3n) is 3.65. The van der Waals surface area contributed by atoms with Crippen LogP contribution in [0.2, 0.25) is 0 Å². The molecule has 1 aliphatic heterocycles. The Bertz CT molecular complexity index is 251. The monoisotopic (exact) mass is 270 g/mol. The van der Waals surface area contributed by atoms with E-state index in [1.807, 2.05) is 0 Å². The van der Waals surface area contributed by atoms with Gasteiger partial charge in [0.2, 0.25) is 0 Å². The van der Waals surface area contributed by atoms with Gasteiger partial charge in [0, 0.05) is 37.8 Å². The highest BCUT2D eigenvalue weighted by atomic mass is 16.5. The summed E-state index contributed by atoms with van der Waals surface area (Å²) in [5, 5.41) is 3.67. The zero-order chi connectivity index (χ0) is 14.5. The van der Waals surface area contributed by atoms with Crippen molar-refractivity contribution >= 4 is 0 Å². The second-order valence-corrected chi connectivity index (χ2v) is 7.49. The highest BCUT2D eigenvalue weighted by Gasteiger charge is 2.32. The lowest BCUT2D eigenvalue weighted by atomic mass is 9.94. The van der Waals surface area contributed by atoms with Crippen molar-refractivity contribution in [3.63, 3.8) is 0 Å². The second kappa shape index (κ2) is 7.61. The average molecular weight is 270 g/mol. The Morgan fingerprint density at radius 3 is 2.47 bits per heavy atom. The average Bonchev–Trinajstić information content (AvgIpc) is 2.26. The summed E-state index contributed by atoms with van der Waals surface area (Å²) in [6, 6.07) is 0.663. The Morgan fingerprint density at radius 1 is 1.21 bits per heavy atom. The van der Waals surface area contributed by atoms with Gasteiger partial charge in [0.1, 0.15) is 0 Å². The largest absolute Gasteiger partial charge is 0.380 e. The summed E-state index contributed by atoms with van der Waals surface area (Å²) in [5.74, 6) is 1.39. The minimum atomic E-state index is 0.228. The van der Waals surface area contributed by atoms with E-state index in [9.17, 15) is 0 Å². The molecule has 1 aliphatic rings. The SMILES string of the molecule is CC(C)COCCN1CC(C)(C)NCC1CC(C)C. The highest BCUT2D eigenvalue weighted by Crippen LogP contribution is 2.19. The Labute approximate surface area is 120 Å². The van der Waals surface area contributed by atoms with Crippen LogP contribution in [0.3, 0.4) is 0 Å². The molecule has 0 saturated carbocycles. The number of hydrogen-bond donors (Lipinski definition) is 1. The van der Waals surface area contributed by atoms with Gasteiger partial charge in [-0.05, 0) is 32.1 Å². The summed E-state index contributed by atoms with van der Waals surface area (Å²) in [6.07, 6.45) is 1.27. The van der Waals surface area contributed by atoms with Crippen LogP contribution >= 0.6 is 0 Å². The topological polar surface area (TPSA) is 24.5 Å². The summed E-state index contributed by atoms with van der Waals surface area (Å²) >= 11 is 0. The number of hydrogen-bond acceptors (Lipinski definition) is 3. The molecule has 1 saturated heterocycles. The van der Waals surface area contributed by atoms with Crippen molar-refractivity contribution in [2.45, 2.75) is 59.5 Å². The smallest absolute Gasteiger partial charge is 0.0593 e. The first kappa shape index (κ1) is 16.9. The van der Waals surface area contributed by atoms with E-state index in [-0.39, 0.29) is 5.54 Å². The van der Waals surface area contributed by atoms with Crippen LogP contribution in [0.5, 0.6) is 0 Å². The minimum absolute atomic E-state index is 0.228. The summed E-state index contributed by atoms with van der Waals surface area (Å²) in [6.45, 7) is 18.7. The first-order valence-electron chi connectivity index (χ1n) is 7.87. The van der Waals surface area contributed by atoms with E-state index in [0.29, 0.717) is 12.0 Å². The molecule has 114 valence electrons. The fraction of sp³-hybridized carbons (Fsp3) is 1.00. The van der Waals surface area contributed by atoms with Crippen molar-refractivity contribution in [2.75, 3.05) is 32.8 Å². The van der Waals surface area contributed by atoms with Crippen LogP contribution in [0.4, 0.5) is 0 Å². The molecule has 1 N–H and O–H groups in total. The minimum Gasteiger partial charge on any atom is -0.380 e.